The number of carbonyl (C=O) groups is 1. The predicted molar refractivity (Wildman–Crippen MR) is 89.1 cm³/mol. The summed E-state index contributed by atoms with van der Waals surface area (Å²) >= 11 is 6.21. The summed E-state index contributed by atoms with van der Waals surface area (Å²) < 4.78 is 11.1. The maximum atomic E-state index is 12.0. The number of benzene rings is 1. The van der Waals surface area contributed by atoms with E-state index in [1.807, 2.05) is 12.1 Å². The van der Waals surface area contributed by atoms with Crippen LogP contribution in [0.5, 0.6) is 11.5 Å². The fraction of sp³-hybridized carbons (Fsp3) is 0.588. The molecular formula is C17H23ClN2O3. The van der Waals surface area contributed by atoms with Crippen LogP contribution in [0.4, 0.5) is 0 Å². The van der Waals surface area contributed by atoms with Gasteiger partial charge in [0.15, 0.2) is 11.5 Å². The number of halogens is 1. The fourth-order valence-electron chi connectivity index (χ4n) is 3.28. The van der Waals surface area contributed by atoms with E-state index in [1.165, 1.54) is 0 Å². The SMILES string of the molecule is N[C@@H]1CCC[C@H]1CC(=O)NCCc1cc(Cl)c2c(c1)OCCO2. The average molecular weight is 339 g/mol. The first-order chi connectivity index (χ1) is 11.1. The van der Waals surface area contributed by atoms with Crippen molar-refractivity contribution < 1.29 is 14.3 Å². The first-order valence-electron chi connectivity index (χ1n) is 8.24. The van der Waals surface area contributed by atoms with E-state index in [0.717, 1.165) is 24.8 Å². The van der Waals surface area contributed by atoms with Crippen LogP contribution in [0.15, 0.2) is 12.1 Å². The Morgan fingerprint density at radius 3 is 2.91 bits per heavy atom. The van der Waals surface area contributed by atoms with Crippen molar-refractivity contribution in [1.29, 1.82) is 0 Å². The van der Waals surface area contributed by atoms with Crippen LogP contribution in [0.1, 0.15) is 31.2 Å². The van der Waals surface area contributed by atoms with Gasteiger partial charge in [0, 0.05) is 19.0 Å². The third-order valence-electron chi connectivity index (χ3n) is 4.56. The van der Waals surface area contributed by atoms with Crippen LogP contribution in [0.3, 0.4) is 0 Å². The van der Waals surface area contributed by atoms with Crippen molar-refractivity contribution in [2.24, 2.45) is 11.7 Å². The van der Waals surface area contributed by atoms with Crippen LogP contribution in [-0.4, -0.2) is 31.7 Å². The first-order valence-corrected chi connectivity index (χ1v) is 8.61. The van der Waals surface area contributed by atoms with E-state index in [-0.39, 0.29) is 11.9 Å². The molecule has 3 N–H and O–H groups in total. The highest BCUT2D eigenvalue weighted by molar-refractivity contribution is 6.32. The number of amides is 1. The van der Waals surface area contributed by atoms with Gasteiger partial charge in [-0.05, 0) is 42.9 Å². The van der Waals surface area contributed by atoms with Gasteiger partial charge in [-0.2, -0.15) is 0 Å². The molecule has 1 fully saturated rings. The maximum Gasteiger partial charge on any atom is 0.220 e. The Kier molecular flexibility index (Phi) is 5.28. The highest BCUT2D eigenvalue weighted by Crippen LogP contribution is 2.38. The number of hydrogen-bond donors (Lipinski definition) is 2. The lowest BCUT2D eigenvalue weighted by Gasteiger charge is -2.20. The van der Waals surface area contributed by atoms with Crippen LogP contribution in [0.25, 0.3) is 0 Å². The molecule has 0 aromatic heterocycles. The number of fused-ring (bicyclic) bond motifs is 1. The van der Waals surface area contributed by atoms with Gasteiger partial charge in [-0.3, -0.25) is 4.79 Å². The Hall–Kier alpha value is -1.46. The predicted octanol–water partition coefficient (Wildman–Crippen LogP) is 2.29. The second kappa shape index (κ2) is 7.41. The first kappa shape index (κ1) is 16.4. The number of hydrogen-bond acceptors (Lipinski definition) is 4. The summed E-state index contributed by atoms with van der Waals surface area (Å²) in [5.74, 6) is 1.71. The van der Waals surface area contributed by atoms with Gasteiger partial charge in [0.2, 0.25) is 5.91 Å². The monoisotopic (exact) mass is 338 g/mol. The molecule has 23 heavy (non-hydrogen) atoms. The summed E-state index contributed by atoms with van der Waals surface area (Å²) in [7, 11) is 0. The lowest BCUT2D eigenvalue weighted by atomic mass is 10.00. The number of carbonyl (C=O) groups excluding carboxylic acids is 1. The van der Waals surface area contributed by atoms with Crippen molar-refractivity contribution in [2.45, 2.75) is 38.1 Å². The molecule has 0 saturated heterocycles. The van der Waals surface area contributed by atoms with Gasteiger partial charge in [0.1, 0.15) is 13.2 Å². The molecule has 126 valence electrons. The smallest absolute Gasteiger partial charge is 0.220 e. The van der Waals surface area contributed by atoms with Crippen molar-refractivity contribution in [3.63, 3.8) is 0 Å². The molecule has 3 rings (SSSR count). The molecule has 0 unspecified atom stereocenters. The molecule has 1 heterocycles. The number of nitrogens with one attached hydrogen (secondary N) is 1. The van der Waals surface area contributed by atoms with E-state index in [1.54, 1.807) is 0 Å². The van der Waals surface area contributed by atoms with Crippen LogP contribution in [-0.2, 0) is 11.2 Å². The van der Waals surface area contributed by atoms with Gasteiger partial charge in [-0.15, -0.1) is 0 Å². The van der Waals surface area contributed by atoms with Gasteiger partial charge in [0.05, 0.1) is 5.02 Å². The van der Waals surface area contributed by atoms with E-state index >= 15 is 0 Å². The second-order valence-corrected chi connectivity index (χ2v) is 6.67. The Balaban J connectivity index is 1.48. The summed E-state index contributed by atoms with van der Waals surface area (Å²) in [6.45, 7) is 1.63. The molecule has 2 aliphatic rings. The molecule has 1 aromatic rings. The fourth-order valence-corrected chi connectivity index (χ4v) is 3.57. The standard InChI is InChI=1S/C17H23ClN2O3/c18-13-8-11(9-15-17(13)23-7-6-22-15)4-5-20-16(21)10-12-2-1-3-14(12)19/h8-9,12,14H,1-7,10,19H2,(H,20,21)/t12-,14+/m0/s1. The van der Waals surface area contributed by atoms with Crippen molar-refractivity contribution >= 4 is 17.5 Å². The number of rotatable bonds is 5. The normalized spacial score (nSPS) is 22.9. The van der Waals surface area contributed by atoms with E-state index in [4.69, 9.17) is 26.8 Å². The summed E-state index contributed by atoms with van der Waals surface area (Å²) in [6, 6.07) is 3.98. The van der Waals surface area contributed by atoms with Crippen molar-refractivity contribution in [1.82, 2.24) is 5.32 Å². The minimum atomic E-state index is 0.0796. The Bertz CT molecular complexity index is 579. The number of nitrogens with two attached hydrogens (primary N) is 1. The molecule has 2 atom stereocenters. The Morgan fingerprint density at radius 1 is 1.30 bits per heavy atom. The molecule has 1 aliphatic heterocycles. The maximum absolute atomic E-state index is 12.0. The van der Waals surface area contributed by atoms with Crippen LogP contribution in [0, 0.1) is 5.92 Å². The molecule has 0 bridgehead atoms. The minimum Gasteiger partial charge on any atom is -0.486 e. The molecule has 0 spiro atoms. The van der Waals surface area contributed by atoms with Crippen LogP contribution < -0.4 is 20.5 Å². The molecule has 5 nitrogen and oxygen atoms in total. The second-order valence-electron chi connectivity index (χ2n) is 6.26. The number of ether oxygens (including phenoxy) is 2. The summed E-state index contributed by atoms with van der Waals surface area (Å²) in [5, 5.41) is 3.52. The topological polar surface area (TPSA) is 73.6 Å². The zero-order valence-corrected chi connectivity index (χ0v) is 13.9. The summed E-state index contributed by atoms with van der Waals surface area (Å²) in [4.78, 5) is 12.0. The zero-order chi connectivity index (χ0) is 16.2. The van der Waals surface area contributed by atoms with Gasteiger partial charge >= 0.3 is 0 Å². The van der Waals surface area contributed by atoms with Crippen molar-refractivity contribution in [3.8, 4) is 11.5 Å². The lowest BCUT2D eigenvalue weighted by Crippen LogP contribution is -2.32. The third-order valence-corrected chi connectivity index (χ3v) is 4.84. The molecule has 1 saturated carbocycles. The molecule has 6 heteroatoms. The third kappa shape index (κ3) is 4.09. The quantitative estimate of drug-likeness (QED) is 0.864. The molecule has 1 aliphatic carbocycles. The lowest BCUT2D eigenvalue weighted by molar-refractivity contribution is -0.122. The van der Waals surface area contributed by atoms with Gasteiger partial charge in [-0.1, -0.05) is 18.0 Å². The highest BCUT2D eigenvalue weighted by Gasteiger charge is 2.25. The molecule has 0 radical (unpaired) electrons. The van der Waals surface area contributed by atoms with E-state index in [2.05, 4.69) is 5.32 Å². The van der Waals surface area contributed by atoms with Crippen molar-refractivity contribution in [2.75, 3.05) is 19.8 Å². The van der Waals surface area contributed by atoms with Crippen LogP contribution >= 0.6 is 11.6 Å². The average Bonchev–Trinajstić information content (AvgIpc) is 2.92. The van der Waals surface area contributed by atoms with E-state index in [0.29, 0.717) is 55.0 Å². The Labute approximate surface area is 141 Å². The molecular weight excluding hydrogens is 316 g/mol. The summed E-state index contributed by atoms with van der Waals surface area (Å²) in [6.07, 6.45) is 4.47. The van der Waals surface area contributed by atoms with Crippen molar-refractivity contribution in [3.05, 3.63) is 22.7 Å². The largest absolute Gasteiger partial charge is 0.486 e. The zero-order valence-electron chi connectivity index (χ0n) is 13.1. The molecule has 1 amide bonds. The van der Waals surface area contributed by atoms with Crippen LogP contribution in [0.2, 0.25) is 5.02 Å². The van der Waals surface area contributed by atoms with Gasteiger partial charge in [0.25, 0.3) is 0 Å². The van der Waals surface area contributed by atoms with Gasteiger partial charge in [-0.25, -0.2) is 0 Å². The van der Waals surface area contributed by atoms with E-state index < -0.39 is 0 Å². The van der Waals surface area contributed by atoms with Gasteiger partial charge < -0.3 is 20.5 Å². The van der Waals surface area contributed by atoms with E-state index in [9.17, 15) is 4.79 Å². The highest BCUT2D eigenvalue weighted by atomic mass is 35.5. The minimum absolute atomic E-state index is 0.0796. The molecule has 1 aromatic carbocycles. The Morgan fingerprint density at radius 2 is 2.13 bits per heavy atom. The summed E-state index contributed by atoms with van der Waals surface area (Å²) in [5.41, 5.74) is 7.03.